The third kappa shape index (κ3) is 3.54. The average Bonchev–Trinajstić information content (AvgIpc) is 3.08. The molecule has 116 valence electrons. The van der Waals surface area contributed by atoms with Gasteiger partial charge in [-0.2, -0.15) is 0 Å². The Labute approximate surface area is 137 Å². The highest BCUT2D eigenvalue weighted by atomic mass is 32.1. The molecule has 0 fully saturated rings. The molecule has 2 aromatic heterocycles. The number of hydrogen-bond donors (Lipinski definition) is 1. The fourth-order valence-electron chi connectivity index (χ4n) is 2.26. The van der Waals surface area contributed by atoms with Crippen molar-refractivity contribution in [3.8, 4) is 0 Å². The van der Waals surface area contributed by atoms with E-state index in [1.807, 2.05) is 11.4 Å². The Morgan fingerprint density at radius 3 is 2.52 bits per heavy atom. The van der Waals surface area contributed by atoms with Crippen molar-refractivity contribution in [1.29, 1.82) is 0 Å². The number of thiophene rings is 1. The van der Waals surface area contributed by atoms with E-state index in [1.54, 1.807) is 17.4 Å². The summed E-state index contributed by atoms with van der Waals surface area (Å²) in [7, 11) is 0. The van der Waals surface area contributed by atoms with Crippen LogP contribution in [0.4, 0.5) is 11.5 Å². The highest BCUT2D eigenvalue weighted by Crippen LogP contribution is 2.29. The van der Waals surface area contributed by atoms with Gasteiger partial charge in [0, 0.05) is 10.9 Å². The minimum atomic E-state index is -0.451. The second-order valence-corrected chi connectivity index (χ2v) is 6.14. The van der Waals surface area contributed by atoms with Crippen LogP contribution in [0.5, 0.6) is 0 Å². The zero-order valence-corrected chi connectivity index (χ0v) is 13.3. The molecule has 0 amide bonds. The number of rotatable bonds is 5. The van der Waals surface area contributed by atoms with Crippen LogP contribution in [0.2, 0.25) is 0 Å². The summed E-state index contributed by atoms with van der Waals surface area (Å²) < 4.78 is 0. The van der Waals surface area contributed by atoms with E-state index in [1.165, 1.54) is 17.8 Å². The van der Waals surface area contributed by atoms with Gasteiger partial charge in [0.1, 0.15) is 12.0 Å². The molecule has 0 saturated heterocycles. The number of aromatic nitrogens is 1. The summed E-state index contributed by atoms with van der Waals surface area (Å²) in [5, 5.41) is 16.1. The van der Waals surface area contributed by atoms with Crippen molar-refractivity contribution in [1.82, 2.24) is 4.98 Å². The summed E-state index contributed by atoms with van der Waals surface area (Å²) in [6, 6.07) is 15.4. The molecule has 3 aromatic rings. The van der Waals surface area contributed by atoms with Gasteiger partial charge in [0.05, 0.1) is 11.0 Å². The van der Waals surface area contributed by atoms with Gasteiger partial charge in [-0.15, -0.1) is 11.3 Å². The Kier molecular flexibility index (Phi) is 4.34. The largest absolute Gasteiger partial charge is 0.358 e. The van der Waals surface area contributed by atoms with Crippen LogP contribution in [0, 0.1) is 17.0 Å². The number of nitrogens with one attached hydrogen (secondary N) is 1. The zero-order valence-electron chi connectivity index (χ0n) is 12.5. The lowest BCUT2D eigenvalue weighted by Gasteiger charge is -2.18. The summed E-state index contributed by atoms with van der Waals surface area (Å²) in [5.74, 6) is 0.606. The minimum absolute atomic E-state index is 0.0152. The van der Waals surface area contributed by atoms with E-state index in [4.69, 9.17) is 0 Å². The van der Waals surface area contributed by atoms with Crippen LogP contribution < -0.4 is 5.32 Å². The van der Waals surface area contributed by atoms with Crippen LogP contribution in [0.15, 0.2) is 60.1 Å². The fourth-order valence-corrected chi connectivity index (χ4v) is 3.06. The number of nitro groups is 1. The van der Waals surface area contributed by atoms with Gasteiger partial charge in [0.2, 0.25) is 0 Å². The van der Waals surface area contributed by atoms with Crippen LogP contribution in [0.25, 0.3) is 0 Å². The van der Waals surface area contributed by atoms with Crippen LogP contribution in [0.3, 0.4) is 0 Å². The SMILES string of the molecule is Cc1ccc([C@@H](Nc2ccc([N+](=O)[O-])cn2)c2cccs2)cc1. The summed E-state index contributed by atoms with van der Waals surface area (Å²) >= 11 is 1.66. The third-order valence-electron chi connectivity index (χ3n) is 3.49. The molecule has 0 bridgehead atoms. The van der Waals surface area contributed by atoms with Crippen molar-refractivity contribution in [2.75, 3.05) is 5.32 Å². The van der Waals surface area contributed by atoms with Crippen LogP contribution >= 0.6 is 11.3 Å². The maximum atomic E-state index is 10.7. The van der Waals surface area contributed by atoms with E-state index in [-0.39, 0.29) is 11.7 Å². The second kappa shape index (κ2) is 6.58. The van der Waals surface area contributed by atoms with Gasteiger partial charge in [-0.25, -0.2) is 4.98 Å². The standard InChI is InChI=1S/C17H15N3O2S/c1-12-4-6-13(7-5-12)17(15-3-2-10-23-15)19-16-9-8-14(11-18-16)20(21)22/h2-11,17H,1H3,(H,18,19)/t17-/m1/s1. The molecule has 0 spiro atoms. The van der Waals surface area contributed by atoms with Gasteiger partial charge < -0.3 is 5.32 Å². The number of nitrogens with zero attached hydrogens (tertiary/aromatic N) is 2. The highest BCUT2D eigenvalue weighted by Gasteiger charge is 2.16. The summed E-state index contributed by atoms with van der Waals surface area (Å²) in [4.78, 5) is 15.6. The highest BCUT2D eigenvalue weighted by molar-refractivity contribution is 7.10. The van der Waals surface area contributed by atoms with E-state index in [2.05, 4.69) is 47.6 Å². The Morgan fingerprint density at radius 2 is 1.96 bits per heavy atom. The topological polar surface area (TPSA) is 68.1 Å². The lowest BCUT2D eigenvalue weighted by atomic mass is 10.0. The molecule has 1 N–H and O–H groups in total. The lowest BCUT2D eigenvalue weighted by Crippen LogP contribution is -2.12. The van der Waals surface area contributed by atoms with E-state index < -0.39 is 4.92 Å². The smallest absolute Gasteiger partial charge is 0.287 e. The molecule has 1 atom stereocenters. The zero-order chi connectivity index (χ0) is 16.2. The molecule has 0 aliphatic carbocycles. The number of aryl methyl sites for hydroxylation is 1. The average molecular weight is 325 g/mol. The first-order chi connectivity index (χ1) is 11.1. The molecule has 5 nitrogen and oxygen atoms in total. The van der Waals surface area contributed by atoms with Gasteiger partial charge in [0.15, 0.2) is 0 Å². The van der Waals surface area contributed by atoms with Crippen LogP contribution in [-0.2, 0) is 0 Å². The summed E-state index contributed by atoms with van der Waals surface area (Å²) in [6.07, 6.45) is 1.27. The van der Waals surface area contributed by atoms with Crippen molar-refractivity contribution >= 4 is 22.8 Å². The normalized spacial score (nSPS) is 11.9. The van der Waals surface area contributed by atoms with Gasteiger partial charge >= 0.3 is 0 Å². The van der Waals surface area contributed by atoms with E-state index >= 15 is 0 Å². The summed E-state index contributed by atoms with van der Waals surface area (Å²) in [6.45, 7) is 2.05. The van der Waals surface area contributed by atoms with Crippen molar-refractivity contribution in [3.05, 3.63) is 86.2 Å². The van der Waals surface area contributed by atoms with Crippen molar-refractivity contribution < 1.29 is 4.92 Å². The van der Waals surface area contributed by atoms with Gasteiger partial charge in [-0.1, -0.05) is 35.9 Å². The van der Waals surface area contributed by atoms with Gasteiger partial charge in [0.25, 0.3) is 5.69 Å². The van der Waals surface area contributed by atoms with Crippen molar-refractivity contribution in [3.63, 3.8) is 0 Å². The van der Waals surface area contributed by atoms with Crippen LogP contribution in [-0.4, -0.2) is 9.91 Å². The van der Waals surface area contributed by atoms with E-state index in [0.29, 0.717) is 5.82 Å². The maximum absolute atomic E-state index is 10.7. The first-order valence-corrected chi connectivity index (χ1v) is 7.98. The Balaban J connectivity index is 1.90. The molecule has 23 heavy (non-hydrogen) atoms. The molecule has 6 heteroatoms. The Bertz CT molecular complexity index is 784. The molecule has 3 rings (SSSR count). The molecule has 0 aliphatic rings. The molecule has 0 unspecified atom stereocenters. The summed E-state index contributed by atoms with van der Waals surface area (Å²) in [5.41, 5.74) is 2.31. The van der Waals surface area contributed by atoms with E-state index in [0.717, 1.165) is 10.4 Å². The molecule has 0 aliphatic heterocycles. The lowest BCUT2D eigenvalue weighted by molar-refractivity contribution is -0.385. The van der Waals surface area contributed by atoms with E-state index in [9.17, 15) is 10.1 Å². The molecule has 2 heterocycles. The molecule has 0 saturated carbocycles. The number of pyridine rings is 1. The molecule has 0 radical (unpaired) electrons. The van der Waals surface area contributed by atoms with Crippen molar-refractivity contribution in [2.45, 2.75) is 13.0 Å². The molecular weight excluding hydrogens is 310 g/mol. The predicted octanol–water partition coefficient (Wildman–Crippen LogP) is 4.56. The predicted molar refractivity (Wildman–Crippen MR) is 91.9 cm³/mol. The number of hydrogen-bond acceptors (Lipinski definition) is 5. The van der Waals surface area contributed by atoms with Gasteiger partial charge in [-0.3, -0.25) is 10.1 Å². The number of benzene rings is 1. The molecular formula is C17H15N3O2S. The monoisotopic (exact) mass is 325 g/mol. The Morgan fingerprint density at radius 1 is 1.17 bits per heavy atom. The molecule has 1 aromatic carbocycles. The quantitative estimate of drug-likeness (QED) is 0.551. The third-order valence-corrected chi connectivity index (χ3v) is 4.43. The van der Waals surface area contributed by atoms with Crippen LogP contribution in [0.1, 0.15) is 22.0 Å². The van der Waals surface area contributed by atoms with Gasteiger partial charge in [-0.05, 0) is 30.0 Å². The fraction of sp³-hybridized carbons (Fsp3) is 0.118. The first kappa shape index (κ1) is 15.2. The number of anilines is 1. The Hall–Kier alpha value is -2.73. The second-order valence-electron chi connectivity index (χ2n) is 5.16. The maximum Gasteiger partial charge on any atom is 0.287 e. The first-order valence-electron chi connectivity index (χ1n) is 7.10. The van der Waals surface area contributed by atoms with Crippen molar-refractivity contribution in [2.24, 2.45) is 0 Å². The minimum Gasteiger partial charge on any atom is -0.358 e.